The third kappa shape index (κ3) is 2.29. The lowest BCUT2D eigenvalue weighted by molar-refractivity contribution is -0.135. The number of carbonyl (C=O) groups excluding carboxylic acids is 1. The van der Waals surface area contributed by atoms with Gasteiger partial charge in [0.25, 0.3) is 0 Å². The molecule has 1 saturated carbocycles. The molecule has 0 heterocycles. The fourth-order valence-electron chi connectivity index (χ4n) is 1.43. The van der Waals surface area contributed by atoms with Crippen LogP contribution in [0.15, 0.2) is 18.2 Å². The van der Waals surface area contributed by atoms with Crippen LogP contribution in [0.5, 0.6) is 11.5 Å². The molecule has 0 N–H and O–H groups in total. The van der Waals surface area contributed by atoms with E-state index in [2.05, 4.69) is 0 Å². The average molecular weight is 206 g/mol. The lowest BCUT2D eigenvalue weighted by atomic mass is 10.2. The Balaban J connectivity index is 2.08. The van der Waals surface area contributed by atoms with Gasteiger partial charge in [0.1, 0.15) is 11.5 Å². The highest BCUT2D eigenvalue weighted by molar-refractivity contribution is 5.77. The van der Waals surface area contributed by atoms with Gasteiger partial charge in [-0.3, -0.25) is 4.79 Å². The van der Waals surface area contributed by atoms with E-state index in [9.17, 15) is 4.79 Å². The third-order valence-corrected chi connectivity index (χ3v) is 2.50. The van der Waals surface area contributed by atoms with Gasteiger partial charge in [0.05, 0.1) is 13.0 Å². The predicted molar refractivity (Wildman–Crippen MR) is 56.1 cm³/mol. The van der Waals surface area contributed by atoms with Crippen LogP contribution in [0.25, 0.3) is 0 Å². The van der Waals surface area contributed by atoms with E-state index < -0.39 is 0 Å². The Morgan fingerprint density at radius 1 is 1.40 bits per heavy atom. The van der Waals surface area contributed by atoms with Crippen molar-refractivity contribution in [2.45, 2.75) is 19.8 Å². The molecule has 1 fully saturated rings. The molecule has 1 aliphatic rings. The second-order valence-corrected chi connectivity index (χ2v) is 3.83. The van der Waals surface area contributed by atoms with Crippen molar-refractivity contribution >= 4 is 5.97 Å². The fourth-order valence-corrected chi connectivity index (χ4v) is 1.43. The first-order chi connectivity index (χ1) is 7.20. The molecule has 0 bridgehead atoms. The van der Waals surface area contributed by atoms with Crippen molar-refractivity contribution < 1.29 is 14.3 Å². The molecule has 3 heteroatoms. The molecule has 1 aromatic rings. The minimum Gasteiger partial charge on any atom is -0.496 e. The summed E-state index contributed by atoms with van der Waals surface area (Å²) in [5, 5.41) is 0. The van der Waals surface area contributed by atoms with Crippen LogP contribution in [0, 0.1) is 12.8 Å². The number of ether oxygens (including phenoxy) is 2. The maximum absolute atomic E-state index is 11.4. The maximum Gasteiger partial charge on any atom is 0.314 e. The number of hydrogen-bond donors (Lipinski definition) is 0. The van der Waals surface area contributed by atoms with Crippen molar-refractivity contribution in [1.82, 2.24) is 0 Å². The monoisotopic (exact) mass is 206 g/mol. The van der Waals surface area contributed by atoms with Gasteiger partial charge in [0, 0.05) is 0 Å². The number of carbonyl (C=O) groups is 1. The SMILES string of the molecule is COc1ccc(OC(=O)C2CC2)cc1C. The number of rotatable bonds is 3. The number of esters is 1. The van der Waals surface area contributed by atoms with E-state index in [0.717, 1.165) is 24.2 Å². The summed E-state index contributed by atoms with van der Waals surface area (Å²) in [4.78, 5) is 11.4. The summed E-state index contributed by atoms with van der Waals surface area (Å²) >= 11 is 0. The van der Waals surface area contributed by atoms with Crippen molar-refractivity contribution in [1.29, 1.82) is 0 Å². The van der Waals surface area contributed by atoms with E-state index >= 15 is 0 Å². The molecule has 1 aromatic carbocycles. The van der Waals surface area contributed by atoms with Crippen LogP contribution in [0.3, 0.4) is 0 Å². The van der Waals surface area contributed by atoms with E-state index in [1.807, 2.05) is 19.1 Å². The second kappa shape index (κ2) is 3.93. The smallest absolute Gasteiger partial charge is 0.314 e. The molecular formula is C12H14O3. The molecule has 0 amide bonds. The largest absolute Gasteiger partial charge is 0.496 e. The minimum absolute atomic E-state index is 0.112. The summed E-state index contributed by atoms with van der Waals surface area (Å²) in [7, 11) is 1.62. The Morgan fingerprint density at radius 3 is 2.67 bits per heavy atom. The summed E-state index contributed by atoms with van der Waals surface area (Å²) in [6.45, 7) is 1.92. The summed E-state index contributed by atoms with van der Waals surface area (Å²) in [6.07, 6.45) is 1.93. The van der Waals surface area contributed by atoms with Gasteiger partial charge < -0.3 is 9.47 Å². The molecule has 0 spiro atoms. The quantitative estimate of drug-likeness (QED) is 0.562. The molecule has 0 radical (unpaired) electrons. The van der Waals surface area contributed by atoms with E-state index in [-0.39, 0.29) is 11.9 Å². The topological polar surface area (TPSA) is 35.5 Å². The van der Waals surface area contributed by atoms with Crippen molar-refractivity contribution in [2.75, 3.05) is 7.11 Å². The molecule has 2 rings (SSSR count). The van der Waals surface area contributed by atoms with E-state index in [4.69, 9.17) is 9.47 Å². The lowest BCUT2D eigenvalue weighted by Gasteiger charge is -2.07. The van der Waals surface area contributed by atoms with Crippen molar-refractivity contribution in [3.63, 3.8) is 0 Å². The van der Waals surface area contributed by atoms with E-state index in [0.29, 0.717) is 5.75 Å². The van der Waals surface area contributed by atoms with Gasteiger partial charge in [0.2, 0.25) is 0 Å². The Labute approximate surface area is 89.0 Å². The molecule has 0 atom stereocenters. The highest BCUT2D eigenvalue weighted by Crippen LogP contribution is 2.31. The van der Waals surface area contributed by atoms with Gasteiger partial charge in [0.15, 0.2) is 0 Å². The van der Waals surface area contributed by atoms with Crippen LogP contribution >= 0.6 is 0 Å². The Hall–Kier alpha value is -1.51. The second-order valence-electron chi connectivity index (χ2n) is 3.83. The first-order valence-electron chi connectivity index (χ1n) is 5.07. The standard InChI is InChI=1S/C12H14O3/c1-8-7-10(5-6-11(8)14-2)15-12(13)9-3-4-9/h5-7,9H,3-4H2,1-2H3. The Kier molecular flexibility index (Phi) is 2.62. The highest BCUT2D eigenvalue weighted by atomic mass is 16.5. The Bertz CT molecular complexity index is 380. The zero-order chi connectivity index (χ0) is 10.8. The molecule has 0 aliphatic heterocycles. The molecule has 15 heavy (non-hydrogen) atoms. The van der Waals surface area contributed by atoms with Crippen LogP contribution in [0.2, 0.25) is 0 Å². The van der Waals surface area contributed by atoms with Gasteiger partial charge in [-0.05, 0) is 43.5 Å². The molecule has 3 nitrogen and oxygen atoms in total. The van der Waals surface area contributed by atoms with Crippen LogP contribution < -0.4 is 9.47 Å². The van der Waals surface area contributed by atoms with Crippen molar-refractivity contribution in [3.05, 3.63) is 23.8 Å². The third-order valence-electron chi connectivity index (χ3n) is 2.50. The van der Waals surface area contributed by atoms with Gasteiger partial charge in [-0.25, -0.2) is 0 Å². The lowest BCUT2D eigenvalue weighted by Crippen LogP contribution is -2.09. The number of methoxy groups -OCH3 is 1. The van der Waals surface area contributed by atoms with Gasteiger partial charge in [-0.2, -0.15) is 0 Å². The molecule has 0 unspecified atom stereocenters. The maximum atomic E-state index is 11.4. The molecule has 80 valence electrons. The van der Waals surface area contributed by atoms with Gasteiger partial charge >= 0.3 is 5.97 Å². The van der Waals surface area contributed by atoms with Crippen LogP contribution in [0.1, 0.15) is 18.4 Å². The highest BCUT2D eigenvalue weighted by Gasteiger charge is 2.31. The first-order valence-corrected chi connectivity index (χ1v) is 5.07. The molecule has 1 aliphatic carbocycles. The zero-order valence-electron chi connectivity index (χ0n) is 8.95. The normalized spacial score (nSPS) is 14.8. The number of benzene rings is 1. The number of hydrogen-bond acceptors (Lipinski definition) is 3. The van der Waals surface area contributed by atoms with E-state index in [1.54, 1.807) is 13.2 Å². The summed E-state index contributed by atoms with van der Waals surface area (Å²) < 4.78 is 10.3. The van der Waals surface area contributed by atoms with E-state index in [1.165, 1.54) is 0 Å². The first kappa shape index (κ1) is 10.0. The summed E-state index contributed by atoms with van der Waals surface area (Å²) in [5.41, 5.74) is 0.971. The molecule has 0 aromatic heterocycles. The van der Waals surface area contributed by atoms with Crippen molar-refractivity contribution in [3.8, 4) is 11.5 Å². The predicted octanol–water partition coefficient (Wildman–Crippen LogP) is 2.32. The molecule has 0 saturated heterocycles. The van der Waals surface area contributed by atoms with Crippen LogP contribution in [-0.2, 0) is 4.79 Å². The van der Waals surface area contributed by atoms with Gasteiger partial charge in [-0.1, -0.05) is 0 Å². The Morgan fingerprint density at radius 2 is 2.13 bits per heavy atom. The average Bonchev–Trinajstić information content (AvgIpc) is 3.01. The minimum atomic E-state index is -0.112. The van der Waals surface area contributed by atoms with Crippen LogP contribution in [0.4, 0.5) is 0 Å². The van der Waals surface area contributed by atoms with Gasteiger partial charge in [-0.15, -0.1) is 0 Å². The summed E-state index contributed by atoms with van der Waals surface area (Å²) in [6, 6.07) is 5.38. The van der Waals surface area contributed by atoms with Crippen LogP contribution in [-0.4, -0.2) is 13.1 Å². The van der Waals surface area contributed by atoms with Crippen molar-refractivity contribution in [2.24, 2.45) is 5.92 Å². The zero-order valence-corrected chi connectivity index (χ0v) is 8.95. The fraction of sp³-hybridized carbons (Fsp3) is 0.417. The summed E-state index contributed by atoms with van der Waals surface area (Å²) in [5.74, 6) is 1.43. The molecular weight excluding hydrogens is 192 g/mol. The number of aryl methyl sites for hydroxylation is 1.